The Morgan fingerprint density at radius 1 is 1.12 bits per heavy atom. The van der Waals surface area contributed by atoms with Crippen molar-refractivity contribution in [3.05, 3.63) is 0 Å². The van der Waals surface area contributed by atoms with Gasteiger partial charge in [0.05, 0.1) is 6.61 Å². The standard InChI is InChI=1S/C13H29NO2/c1-3-5-6-7-8-11-16-12-13(9-10-15)14-4-2/h13-15H,3-12H2,1-2H3. The van der Waals surface area contributed by atoms with E-state index in [0.717, 1.165) is 32.6 Å². The van der Waals surface area contributed by atoms with Gasteiger partial charge < -0.3 is 15.2 Å². The molecular weight excluding hydrogens is 202 g/mol. The summed E-state index contributed by atoms with van der Waals surface area (Å²) in [6.07, 6.45) is 7.18. The van der Waals surface area contributed by atoms with Gasteiger partial charge in [-0.25, -0.2) is 0 Å². The molecule has 0 radical (unpaired) electrons. The Bertz CT molecular complexity index is 125. The lowest BCUT2D eigenvalue weighted by atomic mass is 10.2. The Labute approximate surface area is 101 Å². The molecule has 0 aromatic carbocycles. The van der Waals surface area contributed by atoms with Gasteiger partial charge in [-0.2, -0.15) is 0 Å². The number of nitrogens with one attached hydrogen (secondary N) is 1. The second kappa shape index (κ2) is 12.9. The quantitative estimate of drug-likeness (QED) is 0.507. The summed E-state index contributed by atoms with van der Waals surface area (Å²) in [6, 6.07) is 0.311. The van der Waals surface area contributed by atoms with Crippen LogP contribution in [0.4, 0.5) is 0 Å². The van der Waals surface area contributed by atoms with Crippen molar-refractivity contribution in [3.8, 4) is 0 Å². The average Bonchev–Trinajstić information content (AvgIpc) is 2.28. The van der Waals surface area contributed by atoms with E-state index in [1.165, 1.54) is 25.7 Å². The van der Waals surface area contributed by atoms with E-state index < -0.39 is 0 Å². The van der Waals surface area contributed by atoms with Crippen LogP contribution < -0.4 is 5.32 Å². The highest BCUT2D eigenvalue weighted by molar-refractivity contribution is 4.64. The molecule has 0 aliphatic carbocycles. The van der Waals surface area contributed by atoms with Crippen molar-refractivity contribution in [1.82, 2.24) is 5.32 Å². The van der Waals surface area contributed by atoms with E-state index in [2.05, 4.69) is 19.2 Å². The molecular formula is C13H29NO2. The number of likely N-dealkylation sites (N-methyl/N-ethyl adjacent to an activating group) is 1. The molecule has 3 heteroatoms. The summed E-state index contributed by atoms with van der Waals surface area (Å²) >= 11 is 0. The molecule has 2 N–H and O–H groups in total. The van der Waals surface area contributed by atoms with Crippen LogP contribution in [0.3, 0.4) is 0 Å². The lowest BCUT2D eigenvalue weighted by Gasteiger charge is -2.16. The summed E-state index contributed by atoms with van der Waals surface area (Å²) in [5.41, 5.74) is 0. The molecule has 0 heterocycles. The van der Waals surface area contributed by atoms with Crippen LogP contribution in [0.1, 0.15) is 52.4 Å². The zero-order chi connectivity index (χ0) is 12.1. The van der Waals surface area contributed by atoms with E-state index in [1.807, 2.05) is 0 Å². The van der Waals surface area contributed by atoms with Crippen molar-refractivity contribution in [2.24, 2.45) is 0 Å². The minimum Gasteiger partial charge on any atom is -0.396 e. The zero-order valence-corrected chi connectivity index (χ0v) is 11.0. The normalized spacial score (nSPS) is 12.9. The number of unbranched alkanes of at least 4 members (excludes halogenated alkanes) is 4. The fourth-order valence-corrected chi connectivity index (χ4v) is 1.72. The van der Waals surface area contributed by atoms with E-state index in [9.17, 15) is 0 Å². The van der Waals surface area contributed by atoms with Crippen LogP contribution in [0.15, 0.2) is 0 Å². The first-order valence-corrected chi connectivity index (χ1v) is 6.77. The number of rotatable bonds is 12. The van der Waals surface area contributed by atoms with E-state index in [1.54, 1.807) is 0 Å². The largest absolute Gasteiger partial charge is 0.396 e. The predicted octanol–water partition coefficient (Wildman–Crippen LogP) is 2.33. The van der Waals surface area contributed by atoms with Crippen molar-refractivity contribution in [2.75, 3.05) is 26.4 Å². The topological polar surface area (TPSA) is 41.5 Å². The van der Waals surface area contributed by atoms with Crippen molar-refractivity contribution >= 4 is 0 Å². The Balaban J connectivity index is 3.25. The number of hydrogen-bond donors (Lipinski definition) is 2. The summed E-state index contributed by atoms with van der Waals surface area (Å²) in [6.45, 7) is 7.06. The van der Waals surface area contributed by atoms with Gasteiger partial charge in [0, 0.05) is 19.3 Å². The summed E-state index contributed by atoms with van der Waals surface area (Å²) in [4.78, 5) is 0. The van der Waals surface area contributed by atoms with Crippen LogP contribution in [0, 0.1) is 0 Å². The first kappa shape index (κ1) is 15.9. The monoisotopic (exact) mass is 231 g/mol. The van der Waals surface area contributed by atoms with Crippen molar-refractivity contribution < 1.29 is 9.84 Å². The van der Waals surface area contributed by atoms with Gasteiger partial charge in [0.1, 0.15) is 0 Å². The van der Waals surface area contributed by atoms with E-state index in [4.69, 9.17) is 9.84 Å². The molecule has 16 heavy (non-hydrogen) atoms. The van der Waals surface area contributed by atoms with Crippen LogP contribution in [0.25, 0.3) is 0 Å². The van der Waals surface area contributed by atoms with Crippen LogP contribution in [0.5, 0.6) is 0 Å². The molecule has 0 rings (SSSR count). The van der Waals surface area contributed by atoms with E-state index in [0.29, 0.717) is 6.04 Å². The highest BCUT2D eigenvalue weighted by atomic mass is 16.5. The molecule has 1 atom stereocenters. The minimum atomic E-state index is 0.234. The molecule has 0 aromatic rings. The maximum atomic E-state index is 8.87. The van der Waals surface area contributed by atoms with Gasteiger partial charge in [-0.05, 0) is 19.4 Å². The summed E-state index contributed by atoms with van der Waals surface area (Å²) in [5.74, 6) is 0. The maximum Gasteiger partial charge on any atom is 0.0620 e. The summed E-state index contributed by atoms with van der Waals surface area (Å²) in [7, 11) is 0. The van der Waals surface area contributed by atoms with Crippen LogP contribution in [-0.4, -0.2) is 37.5 Å². The minimum absolute atomic E-state index is 0.234. The maximum absolute atomic E-state index is 8.87. The van der Waals surface area contributed by atoms with Crippen LogP contribution in [-0.2, 0) is 4.74 Å². The second-order valence-electron chi connectivity index (χ2n) is 4.26. The van der Waals surface area contributed by atoms with E-state index >= 15 is 0 Å². The lowest BCUT2D eigenvalue weighted by molar-refractivity contribution is 0.0989. The lowest BCUT2D eigenvalue weighted by Crippen LogP contribution is -2.34. The molecule has 0 saturated carbocycles. The fourth-order valence-electron chi connectivity index (χ4n) is 1.72. The molecule has 0 spiro atoms. The molecule has 0 fully saturated rings. The number of hydrogen-bond acceptors (Lipinski definition) is 3. The highest BCUT2D eigenvalue weighted by Crippen LogP contribution is 2.02. The van der Waals surface area contributed by atoms with Crippen molar-refractivity contribution in [1.29, 1.82) is 0 Å². The van der Waals surface area contributed by atoms with Crippen LogP contribution >= 0.6 is 0 Å². The van der Waals surface area contributed by atoms with E-state index in [-0.39, 0.29) is 6.61 Å². The molecule has 98 valence electrons. The third kappa shape index (κ3) is 10.4. The Hall–Kier alpha value is -0.120. The molecule has 0 bridgehead atoms. The Kier molecular flexibility index (Phi) is 12.9. The SMILES string of the molecule is CCCCCCCOCC(CCO)NCC. The smallest absolute Gasteiger partial charge is 0.0620 e. The molecule has 0 aromatic heterocycles. The van der Waals surface area contributed by atoms with Gasteiger partial charge in [0.15, 0.2) is 0 Å². The van der Waals surface area contributed by atoms with Crippen molar-refractivity contribution in [2.45, 2.75) is 58.4 Å². The molecule has 0 aliphatic rings. The second-order valence-corrected chi connectivity index (χ2v) is 4.26. The number of aliphatic hydroxyl groups is 1. The van der Waals surface area contributed by atoms with Gasteiger partial charge in [-0.3, -0.25) is 0 Å². The molecule has 3 nitrogen and oxygen atoms in total. The zero-order valence-electron chi connectivity index (χ0n) is 11.0. The number of ether oxygens (including phenoxy) is 1. The van der Waals surface area contributed by atoms with Gasteiger partial charge in [0.2, 0.25) is 0 Å². The third-order valence-electron chi connectivity index (χ3n) is 2.68. The van der Waals surface area contributed by atoms with Crippen LogP contribution in [0.2, 0.25) is 0 Å². The fraction of sp³-hybridized carbons (Fsp3) is 1.00. The number of aliphatic hydroxyl groups excluding tert-OH is 1. The Morgan fingerprint density at radius 2 is 1.88 bits per heavy atom. The van der Waals surface area contributed by atoms with Gasteiger partial charge in [-0.1, -0.05) is 39.5 Å². The first-order valence-electron chi connectivity index (χ1n) is 6.77. The molecule has 1 unspecified atom stereocenters. The summed E-state index contributed by atoms with van der Waals surface area (Å²) in [5, 5.41) is 12.2. The first-order chi connectivity index (χ1) is 7.85. The Morgan fingerprint density at radius 3 is 2.50 bits per heavy atom. The van der Waals surface area contributed by atoms with Gasteiger partial charge in [-0.15, -0.1) is 0 Å². The van der Waals surface area contributed by atoms with Gasteiger partial charge >= 0.3 is 0 Å². The van der Waals surface area contributed by atoms with Crippen molar-refractivity contribution in [3.63, 3.8) is 0 Å². The molecule has 0 amide bonds. The van der Waals surface area contributed by atoms with Gasteiger partial charge in [0.25, 0.3) is 0 Å². The predicted molar refractivity (Wildman–Crippen MR) is 68.7 cm³/mol. The molecule has 0 aliphatic heterocycles. The molecule has 0 saturated heterocycles. The third-order valence-corrected chi connectivity index (χ3v) is 2.68. The highest BCUT2D eigenvalue weighted by Gasteiger charge is 2.05. The summed E-state index contributed by atoms with van der Waals surface area (Å²) < 4.78 is 5.61. The average molecular weight is 231 g/mol.